The summed E-state index contributed by atoms with van der Waals surface area (Å²) in [5.74, 6) is 1.59. The van der Waals surface area contributed by atoms with E-state index in [9.17, 15) is 0 Å². The van der Waals surface area contributed by atoms with Crippen LogP contribution in [0.2, 0.25) is 0 Å². The zero-order chi connectivity index (χ0) is 43.7. The van der Waals surface area contributed by atoms with Crippen molar-refractivity contribution in [1.82, 2.24) is 0 Å². The summed E-state index contributed by atoms with van der Waals surface area (Å²) in [6.07, 6.45) is 7.15. The van der Waals surface area contributed by atoms with Crippen LogP contribution in [0.4, 0.5) is 62.6 Å². The first kappa shape index (κ1) is 41.4. The van der Waals surface area contributed by atoms with Crippen LogP contribution in [0.5, 0.6) is 11.5 Å². The van der Waals surface area contributed by atoms with Gasteiger partial charge in [0, 0.05) is 93.9 Å². The summed E-state index contributed by atoms with van der Waals surface area (Å²) in [4.78, 5) is 9.13. The van der Waals surface area contributed by atoms with Crippen LogP contribution in [0.1, 0.15) is 6.42 Å². The Bertz CT molecular complexity index is 2680. The molecule has 7 nitrogen and oxygen atoms in total. The first-order chi connectivity index (χ1) is 31.6. The standard InChI is InChI=1S/C57H50N4O3/c1-62-55-25-13-22-52(40-55)59(43-16-7-4-8-17-43)49-34-28-46(29-35-49)58(47-30-36-50(37-31-47)60(44-18-9-5-10-19-44)53-23-14-26-56(41-53)63-2)48-32-38-51(39-33-48)61(45-20-11-6-12-21-45)54-24-15-27-57(42-54)64-3/h4-41,57H,42H2,1-3H3. The first-order valence-electron chi connectivity index (χ1n) is 21.4. The van der Waals surface area contributed by atoms with Gasteiger partial charge in [-0.15, -0.1) is 0 Å². The SMILES string of the molecule is COc1cccc(N(c2ccccc2)c2ccc(N(c3ccc(N(C4=CC=CC(OC)C4)c4ccccc4)cc3)c3ccc(N(c4ccccc4)c4cccc(OC)c4)cc3)cc2)c1. The third-order valence-corrected chi connectivity index (χ3v) is 11.4. The van der Waals surface area contributed by atoms with Gasteiger partial charge in [-0.25, -0.2) is 0 Å². The number of hydrogen-bond donors (Lipinski definition) is 0. The van der Waals surface area contributed by atoms with Gasteiger partial charge in [0.05, 0.1) is 20.3 Å². The number of benzene rings is 8. The van der Waals surface area contributed by atoms with Gasteiger partial charge in [0.1, 0.15) is 11.5 Å². The highest BCUT2D eigenvalue weighted by Crippen LogP contribution is 2.43. The molecule has 0 fully saturated rings. The highest BCUT2D eigenvalue weighted by Gasteiger charge is 2.22. The monoisotopic (exact) mass is 838 g/mol. The molecule has 1 unspecified atom stereocenters. The Morgan fingerprint density at radius 3 is 1.02 bits per heavy atom. The fourth-order valence-electron chi connectivity index (χ4n) is 8.27. The molecule has 0 aliphatic heterocycles. The summed E-state index contributed by atoms with van der Waals surface area (Å²) in [5.41, 5.74) is 12.5. The average Bonchev–Trinajstić information content (AvgIpc) is 3.37. The van der Waals surface area contributed by atoms with Crippen molar-refractivity contribution in [3.8, 4) is 11.5 Å². The number of rotatable bonds is 15. The minimum Gasteiger partial charge on any atom is -0.497 e. The second-order valence-corrected chi connectivity index (χ2v) is 15.3. The molecule has 8 aromatic carbocycles. The van der Waals surface area contributed by atoms with Crippen molar-refractivity contribution < 1.29 is 14.2 Å². The van der Waals surface area contributed by atoms with Crippen LogP contribution in [0.25, 0.3) is 0 Å². The number of methoxy groups -OCH3 is 3. The van der Waals surface area contributed by atoms with E-state index in [1.807, 2.05) is 36.4 Å². The minimum absolute atomic E-state index is 0.00962. The number of ether oxygens (including phenoxy) is 3. The van der Waals surface area contributed by atoms with Gasteiger partial charge < -0.3 is 33.8 Å². The summed E-state index contributed by atoms with van der Waals surface area (Å²) in [7, 11) is 5.17. The van der Waals surface area contributed by atoms with E-state index in [0.29, 0.717) is 0 Å². The molecule has 0 aromatic heterocycles. The third kappa shape index (κ3) is 8.98. The molecule has 0 amide bonds. The number of anilines is 11. The molecule has 0 saturated heterocycles. The lowest BCUT2D eigenvalue weighted by molar-refractivity contribution is 0.140. The molecule has 316 valence electrons. The van der Waals surface area contributed by atoms with Gasteiger partial charge in [-0.05, 0) is 140 Å². The fraction of sp³-hybridized carbons (Fsp3) is 0.0877. The Balaban J connectivity index is 1.13. The minimum atomic E-state index is 0.00962. The third-order valence-electron chi connectivity index (χ3n) is 11.4. The van der Waals surface area contributed by atoms with E-state index in [-0.39, 0.29) is 6.10 Å². The molecular weight excluding hydrogens is 789 g/mol. The molecular formula is C57H50N4O3. The molecule has 7 heteroatoms. The molecule has 0 bridgehead atoms. The predicted octanol–water partition coefficient (Wildman–Crippen LogP) is 15.1. The number of para-hydroxylation sites is 3. The van der Waals surface area contributed by atoms with Gasteiger partial charge in [0.15, 0.2) is 0 Å². The molecule has 1 aliphatic carbocycles. The average molecular weight is 839 g/mol. The second-order valence-electron chi connectivity index (χ2n) is 15.3. The van der Waals surface area contributed by atoms with Crippen LogP contribution in [0.3, 0.4) is 0 Å². The van der Waals surface area contributed by atoms with E-state index in [4.69, 9.17) is 14.2 Å². The number of hydrogen-bond acceptors (Lipinski definition) is 7. The summed E-state index contributed by atoms with van der Waals surface area (Å²) in [6, 6.07) is 74.0. The maximum Gasteiger partial charge on any atom is 0.120 e. The second kappa shape index (κ2) is 19.4. The van der Waals surface area contributed by atoms with Gasteiger partial charge in [0.2, 0.25) is 0 Å². The molecule has 1 aliphatic rings. The van der Waals surface area contributed by atoms with Gasteiger partial charge in [-0.2, -0.15) is 0 Å². The summed E-state index contributed by atoms with van der Waals surface area (Å²) < 4.78 is 17.1. The van der Waals surface area contributed by atoms with Crippen molar-refractivity contribution in [3.63, 3.8) is 0 Å². The lowest BCUT2D eigenvalue weighted by atomic mass is 10.0. The quantitative estimate of drug-likeness (QED) is 0.102. The molecule has 64 heavy (non-hydrogen) atoms. The van der Waals surface area contributed by atoms with Gasteiger partial charge in [-0.3, -0.25) is 0 Å². The van der Waals surface area contributed by atoms with Crippen LogP contribution in [-0.4, -0.2) is 27.4 Å². The lowest BCUT2D eigenvalue weighted by Crippen LogP contribution is -2.22. The predicted molar refractivity (Wildman–Crippen MR) is 265 cm³/mol. The van der Waals surface area contributed by atoms with Crippen molar-refractivity contribution in [2.24, 2.45) is 0 Å². The highest BCUT2D eigenvalue weighted by molar-refractivity contribution is 5.84. The van der Waals surface area contributed by atoms with E-state index >= 15 is 0 Å². The van der Waals surface area contributed by atoms with E-state index < -0.39 is 0 Å². The van der Waals surface area contributed by atoms with Crippen molar-refractivity contribution in [3.05, 3.63) is 236 Å². The summed E-state index contributed by atoms with van der Waals surface area (Å²) >= 11 is 0. The van der Waals surface area contributed by atoms with Crippen molar-refractivity contribution in [2.45, 2.75) is 12.5 Å². The Kier molecular flexibility index (Phi) is 12.5. The molecule has 9 rings (SSSR count). The van der Waals surface area contributed by atoms with E-state index in [1.54, 1.807) is 21.3 Å². The van der Waals surface area contributed by atoms with Crippen LogP contribution in [-0.2, 0) is 4.74 Å². The molecule has 1 atom stereocenters. The van der Waals surface area contributed by atoms with E-state index in [2.05, 4.69) is 214 Å². The van der Waals surface area contributed by atoms with Crippen molar-refractivity contribution in [1.29, 1.82) is 0 Å². The Labute approximate surface area is 376 Å². The Morgan fingerprint density at radius 2 is 0.656 bits per heavy atom. The number of nitrogens with zero attached hydrogens (tertiary/aromatic N) is 4. The number of allylic oxidation sites excluding steroid dienone is 2. The summed E-state index contributed by atoms with van der Waals surface area (Å²) in [5, 5.41) is 0. The largest absolute Gasteiger partial charge is 0.497 e. The molecule has 0 saturated carbocycles. The Hall–Kier alpha value is -8.00. The first-order valence-corrected chi connectivity index (χ1v) is 21.4. The van der Waals surface area contributed by atoms with Crippen LogP contribution >= 0.6 is 0 Å². The topological polar surface area (TPSA) is 40.7 Å². The molecule has 0 heterocycles. The van der Waals surface area contributed by atoms with Crippen LogP contribution in [0.15, 0.2) is 236 Å². The van der Waals surface area contributed by atoms with Gasteiger partial charge >= 0.3 is 0 Å². The zero-order valence-corrected chi connectivity index (χ0v) is 36.2. The molecule has 0 N–H and O–H groups in total. The Morgan fingerprint density at radius 1 is 0.344 bits per heavy atom. The van der Waals surface area contributed by atoms with E-state index in [1.165, 1.54) is 0 Å². The van der Waals surface area contributed by atoms with Crippen molar-refractivity contribution in [2.75, 3.05) is 40.9 Å². The smallest absolute Gasteiger partial charge is 0.120 e. The van der Waals surface area contributed by atoms with Crippen molar-refractivity contribution >= 4 is 62.6 Å². The van der Waals surface area contributed by atoms with Crippen LogP contribution < -0.4 is 29.1 Å². The molecule has 0 radical (unpaired) electrons. The zero-order valence-electron chi connectivity index (χ0n) is 36.2. The molecule has 0 spiro atoms. The van der Waals surface area contributed by atoms with Gasteiger partial charge in [0.25, 0.3) is 0 Å². The highest BCUT2D eigenvalue weighted by atomic mass is 16.5. The fourth-order valence-corrected chi connectivity index (χ4v) is 8.27. The summed E-state index contributed by atoms with van der Waals surface area (Å²) in [6.45, 7) is 0. The van der Waals surface area contributed by atoms with Crippen LogP contribution in [0, 0.1) is 0 Å². The van der Waals surface area contributed by atoms with Gasteiger partial charge in [-0.1, -0.05) is 78.9 Å². The maximum absolute atomic E-state index is 5.78. The normalized spacial score (nSPS) is 13.1. The lowest BCUT2D eigenvalue weighted by Gasteiger charge is -2.32. The maximum atomic E-state index is 5.78. The molecule has 8 aromatic rings. The van der Waals surface area contributed by atoms with E-state index in [0.717, 1.165) is 86.2 Å².